The van der Waals surface area contributed by atoms with Crippen LogP contribution < -0.4 is 4.74 Å². The standard InChI is InChI=1S/C14H17N3O3/c1-9-8-19-6-4-11(9)14-16-13(17-20-14)10-3-5-15-12(7-10)18-2/h3,5,7,9,11H,4,6,8H2,1-2H3/t9-,11+/m1/s1. The summed E-state index contributed by atoms with van der Waals surface area (Å²) in [5, 5.41) is 4.06. The van der Waals surface area contributed by atoms with Gasteiger partial charge in [0.15, 0.2) is 0 Å². The van der Waals surface area contributed by atoms with Crippen molar-refractivity contribution in [3.8, 4) is 17.3 Å². The summed E-state index contributed by atoms with van der Waals surface area (Å²) in [7, 11) is 1.58. The first-order valence-corrected chi connectivity index (χ1v) is 6.69. The molecule has 0 radical (unpaired) electrons. The second-order valence-electron chi connectivity index (χ2n) is 4.99. The molecule has 1 saturated heterocycles. The predicted molar refractivity (Wildman–Crippen MR) is 71.4 cm³/mol. The maximum Gasteiger partial charge on any atom is 0.230 e. The van der Waals surface area contributed by atoms with Crippen molar-refractivity contribution in [2.75, 3.05) is 20.3 Å². The van der Waals surface area contributed by atoms with Crippen LogP contribution in [-0.4, -0.2) is 35.4 Å². The molecule has 0 spiro atoms. The van der Waals surface area contributed by atoms with Crippen molar-refractivity contribution in [2.45, 2.75) is 19.3 Å². The Hall–Kier alpha value is -1.95. The molecule has 0 N–H and O–H groups in total. The fourth-order valence-corrected chi connectivity index (χ4v) is 2.41. The summed E-state index contributed by atoms with van der Waals surface area (Å²) in [6, 6.07) is 3.63. The van der Waals surface area contributed by atoms with E-state index in [-0.39, 0.29) is 5.92 Å². The summed E-state index contributed by atoms with van der Waals surface area (Å²) in [6.07, 6.45) is 2.59. The minimum atomic E-state index is 0.272. The van der Waals surface area contributed by atoms with E-state index in [9.17, 15) is 0 Å². The normalized spacial score (nSPS) is 22.7. The molecule has 106 valence electrons. The molecule has 1 aliphatic rings. The third-order valence-corrected chi connectivity index (χ3v) is 3.60. The van der Waals surface area contributed by atoms with Gasteiger partial charge in [0.2, 0.25) is 17.6 Å². The van der Waals surface area contributed by atoms with E-state index in [1.807, 2.05) is 6.07 Å². The SMILES string of the molecule is COc1cc(-c2noc([C@H]3CCOC[C@H]3C)n2)ccn1. The van der Waals surface area contributed by atoms with Crippen LogP contribution in [0.15, 0.2) is 22.9 Å². The van der Waals surface area contributed by atoms with E-state index >= 15 is 0 Å². The Morgan fingerprint density at radius 1 is 1.40 bits per heavy atom. The van der Waals surface area contributed by atoms with Gasteiger partial charge in [-0.3, -0.25) is 0 Å². The summed E-state index contributed by atoms with van der Waals surface area (Å²) >= 11 is 0. The van der Waals surface area contributed by atoms with Crippen molar-refractivity contribution in [1.29, 1.82) is 0 Å². The average Bonchev–Trinajstić information content (AvgIpc) is 2.97. The van der Waals surface area contributed by atoms with Gasteiger partial charge in [-0.25, -0.2) is 4.98 Å². The van der Waals surface area contributed by atoms with Crippen LogP contribution in [0.2, 0.25) is 0 Å². The van der Waals surface area contributed by atoms with Gasteiger partial charge in [0.1, 0.15) is 0 Å². The Kier molecular flexibility index (Phi) is 3.64. The second kappa shape index (κ2) is 5.58. The molecular formula is C14H17N3O3. The maximum absolute atomic E-state index is 5.44. The van der Waals surface area contributed by atoms with Crippen molar-refractivity contribution in [3.63, 3.8) is 0 Å². The van der Waals surface area contributed by atoms with Gasteiger partial charge in [-0.05, 0) is 18.4 Å². The molecule has 3 rings (SSSR count). The Labute approximate surface area is 117 Å². The third kappa shape index (κ3) is 2.51. The molecule has 6 nitrogen and oxygen atoms in total. The van der Waals surface area contributed by atoms with E-state index in [0.29, 0.717) is 23.5 Å². The maximum atomic E-state index is 5.44. The first-order chi connectivity index (χ1) is 9.78. The summed E-state index contributed by atoms with van der Waals surface area (Å²) < 4.78 is 16.0. The molecule has 0 unspecified atom stereocenters. The van der Waals surface area contributed by atoms with Crippen LogP contribution in [0.4, 0.5) is 0 Å². The number of hydrogen-bond donors (Lipinski definition) is 0. The van der Waals surface area contributed by atoms with Gasteiger partial charge in [0, 0.05) is 37.0 Å². The lowest BCUT2D eigenvalue weighted by Gasteiger charge is -2.25. The van der Waals surface area contributed by atoms with Gasteiger partial charge in [0.05, 0.1) is 7.11 Å². The van der Waals surface area contributed by atoms with Gasteiger partial charge >= 0.3 is 0 Å². The van der Waals surface area contributed by atoms with Crippen LogP contribution in [0.25, 0.3) is 11.4 Å². The van der Waals surface area contributed by atoms with Crippen LogP contribution in [0.3, 0.4) is 0 Å². The van der Waals surface area contributed by atoms with E-state index in [1.165, 1.54) is 0 Å². The highest BCUT2D eigenvalue weighted by Gasteiger charge is 2.28. The highest BCUT2D eigenvalue weighted by molar-refractivity contribution is 5.55. The first kappa shape index (κ1) is 13.1. The van der Waals surface area contributed by atoms with Gasteiger partial charge in [-0.15, -0.1) is 0 Å². The number of rotatable bonds is 3. The lowest BCUT2D eigenvalue weighted by atomic mass is 9.90. The molecule has 1 aliphatic heterocycles. The smallest absolute Gasteiger partial charge is 0.230 e. The highest BCUT2D eigenvalue weighted by Crippen LogP contribution is 2.31. The van der Waals surface area contributed by atoms with Crippen LogP contribution in [0.1, 0.15) is 25.2 Å². The molecule has 2 aromatic rings. The number of ether oxygens (including phenoxy) is 2. The molecule has 3 heterocycles. The number of pyridine rings is 1. The molecule has 0 aliphatic carbocycles. The molecule has 0 bridgehead atoms. The van der Waals surface area contributed by atoms with Crippen molar-refractivity contribution in [2.24, 2.45) is 5.92 Å². The Balaban J connectivity index is 1.85. The van der Waals surface area contributed by atoms with Crippen molar-refractivity contribution in [1.82, 2.24) is 15.1 Å². The van der Waals surface area contributed by atoms with Gasteiger partial charge < -0.3 is 14.0 Å². The van der Waals surface area contributed by atoms with E-state index in [0.717, 1.165) is 25.2 Å². The Morgan fingerprint density at radius 2 is 2.30 bits per heavy atom. The van der Waals surface area contributed by atoms with Crippen LogP contribution in [0.5, 0.6) is 5.88 Å². The lowest BCUT2D eigenvalue weighted by Crippen LogP contribution is -2.23. The molecular weight excluding hydrogens is 258 g/mol. The largest absolute Gasteiger partial charge is 0.481 e. The average molecular weight is 275 g/mol. The first-order valence-electron chi connectivity index (χ1n) is 6.69. The summed E-state index contributed by atoms with van der Waals surface area (Å²) in [4.78, 5) is 8.58. The Morgan fingerprint density at radius 3 is 3.10 bits per heavy atom. The van der Waals surface area contributed by atoms with E-state index in [1.54, 1.807) is 19.4 Å². The molecule has 0 saturated carbocycles. The van der Waals surface area contributed by atoms with E-state index in [4.69, 9.17) is 14.0 Å². The fraction of sp³-hybridized carbons (Fsp3) is 0.500. The number of hydrogen-bond acceptors (Lipinski definition) is 6. The van der Waals surface area contributed by atoms with Crippen molar-refractivity contribution < 1.29 is 14.0 Å². The number of methoxy groups -OCH3 is 1. The molecule has 6 heteroatoms. The summed E-state index contributed by atoms with van der Waals surface area (Å²) in [5.41, 5.74) is 0.839. The highest BCUT2D eigenvalue weighted by atomic mass is 16.5. The molecule has 2 atom stereocenters. The Bertz CT molecular complexity index is 585. The van der Waals surface area contributed by atoms with Gasteiger partial charge in [0.25, 0.3) is 0 Å². The third-order valence-electron chi connectivity index (χ3n) is 3.60. The topological polar surface area (TPSA) is 70.3 Å². The molecule has 0 aromatic carbocycles. The minimum Gasteiger partial charge on any atom is -0.481 e. The van der Waals surface area contributed by atoms with Gasteiger partial charge in [-0.1, -0.05) is 12.1 Å². The fourth-order valence-electron chi connectivity index (χ4n) is 2.41. The van der Waals surface area contributed by atoms with Crippen molar-refractivity contribution in [3.05, 3.63) is 24.2 Å². The van der Waals surface area contributed by atoms with Crippen molar-refractivity contribution >= 4 is 0 Å². The summed E-state index contributed by atoms with van der Waals surface area (Å²) in [5.74, 6) is 2.46. The molecule has 0 amide bonds. The molecule has 20 heavy (non-hydrogen) atoms. The minimum absolute atomic E-state index is 0.272. The second-order valence-corrected chi connectivity index (χ2v) is 4.99. The van der Waals surface area contributed by atoms with Crippen LogP contribution >= 0.6 is 0 Å². The predicted octanol–water partition coefficient (Wildman–Crippen LogP) is 2.28. The molecule has 2 aromatic heterocycles. The zero-order chi connectivity index (χ0) is 13.9. The monoisotopic (exact) mass is 275 g/mol. The van der Waals surface area contributed by atoms with Crippen LogP contribution in [0, 0.1) is 5.92 Å². The molecule has 1 fully saturated rings. The van der Waals surface area contributed by atoms with E-state index < -0.39 is 0 Å². The lowest BCUT2D eigenvalue weighted by molar-refractivity contribution is 0.0392. The zero-order valence-electron chi connectivity index (χ0n) is 11.6. The van der Waals surface area contributed by atoms with Crippen LogP contribution in [-0.2, 0) is 4.74 Å². The number of nitrogens with zero attached hydrogens (tertiary/aromatic N) is 3. The van der Waals surface area contributed by atoms with E-state index in [2.05, 4.69) is 22.0 Å². The zero-order valence-corrected chi connectivity index (χ0v) is 11.6. The number of aromatic nitrogens is 3. The quantitative estimate of drug-likeness (QED) is 0.855. The summed E-state index contributed by atoms with van der Waals surface area (Å²) in [6.45, 7) is 3.63. The van der Waals surface area contributed by atoms with Gasteiger partial charge in [-0.2, -0.15) is 4.98 Å².